The third kappa shape index (κ3) is 1.65. The lowest BCUT2D eigenvalue weighted by Crippen LogP contribution is -2.22. The molecular weight excluding hydrogens is 230 g/mol. The average molecular weight is 249 g/mol. The van der Waals surface area contributed by atoms with Gasteiger partial charge >= 0.3 is 0 Å². The normalized spacial score (nSPS) is 40.1. The summed E-state index contributed by atoms with van der Waals surface area (Å²) < 4.78 is 0. The third-order valence-corrected chi connectivity index (χ3v) is 5.96. The van der Waals surface area contributed by atoms with Crippen molar-refractivity contribution in [1.82, 2.24) is 15.1 Å². The maximum absolute atomic E-state index is 4.25. The van der Waals surface area contributed by atoms with Gasteiger partial charge in [-0.1, -0.05) is 0 Å². The van der Waals surface area contributed by atoms with Gasteiger partial charge in [-0.2, -0.15) is 0 Å². The van der Waals surface area contributed by atoms with E-state index in [1.807, 2.05) is 6.92 Å². The van der Waals surface area contributed by atoms with Gasteiger partial charge in [-0.15, -0.1) is 21.5 Å². The van der Waals surface area contributed by atoms with Crippen molar-refractivity contribution in [2.45, 2.75) is 32.7 Å². The first kappa shape index (κ1) is 10.4. The third-order valence-electron chi connectivity index (χ3n) is 5.14. The van der Waals surface area contributed by atoms with Gasteiger partial charge in [-0.3, -0.25) is 4.90 Å². The van der Waals surface area contributed by atoms with Crippen molar-refractivity contribution in [2.75, 3.05) is 13.1 Å². The molecule has 2 saturated carbocycles. The first-order valence-electron chi connectivity index (χ1n) is 6.81. The number of aryl methyl sites for hydroxylation is 1. The Hall–Kier alpha value is -0.480. The molecule has 1 aliphatic heterocycles. The zero-order valence-electron chi connectivity index (χ0n) is 10.3. The summed E-state index contributed by atoms with van der Waals surface area (Å²) in [4.78, 5) is 2.62. The van der Waals surface area contributed by atoms with Crippen LogP contribution in [-0.4, -0.2) is 28.2 Å². The van der Waals surface area contributed by atoms with Crippen LogP contribution >= 0.6 is 11.3 Å². The van der Waals surface area contributed by atoms with E-state index in [0.29, 0.717) is 0 Å². The Morgan fingerprint density at radius 3 is 2.47 bits per heavy atom. The first-order chi connectivity index (χ1) is 8.29. The van der Waals surface area contributed by atoms with E-state index in [1.54, 1.807) is 17.8 Å². The van der Waals surface area contributed by atoms with Gasteiger partial charge in [0.1, 0.15) is 10.0 Å². The quantitative estimate of drug-likeness (QED) is 0.805. The Balaban J connectivity index is 1.45. The van der Waals surface area contributed by atoms with Gasteiger partial charge in [-0.05, 0) is 49.9 Å². The fourth-order valence-electron chi connectivity index (χ4n) is 4.49. The van der Waals surface area contributed by atoms with Gasteiger partial charge in [0, 0.05) is 13.1 Å². The van der Waals surface area contributed by atoms with Crippen LogP contribution < -0.4 is 0 Å². The maximum Gasteiger partial charge on any atom is 0.131 e. The Bertz CT molecular complexity index is 412. The van der Waals surface area contributed by atoms with Gasteiger partial charge in [0.15, 0.2) is 0 Å². The minimum absolute atomic E-state index is 1.02. The van der Waals surface area contributed by atoms with E-state index in [9.17, 15) is 0 Å². The lowest BCUT2D eigenvalue weighted by Gasteiger charge is -2.22. The Labute approximate surface area is 106 Å². The largest absolute Gasteiger partial charge is 0.296 e. The zero-order valence-corrected chi connectivity index (χ0v) is 11.1. The van der Waals surface area contributed by atoms with Crippen LogP contribution in [0.3, 0.4) is 0 Å². The Kier molecular flexibility index (Phi) is 2.31. The van der Waals surface area contributed by atoms with E-state index in [4.69, 9.17) is 0 Å². The molecule has 3 fully saturated rings. The average Bonchev–Trinajstić information content (AvgIpc) is 2.99. The van der Waals surface area contributed by atoms with E-state index in [0.717, 1.165) is 35.2 Å². The summed E-state index contributed by atoms with van der Waals surface area (Å²) >= 11 is 1.76. The molecule has 0 aromatic carbocycles. The van der Waals surface area contributed by atoms with Crippen molar-refractivity contribution >= 4 is 11.3 Å². The molecule has 2 bridgehead atoms. The molecular formula is C13H19N3S. The van der Waals surface area contributed by atoms with Crippen molar-refractivity contribution in [3.05, 3.63) is 10.0 Å². The van der Waals surface area contributed by atoms with E-state index in [1.165, 1.54) is 30.9 Å². The second-order valence-electron chi connectivity index (χ2n) is 6.07. The minimum atomic E-state index is 1.02. The number of hydrogen-bond donors (Lipinski definition) is 0. The van der Waals surface area contributed by atoms with Crippen LogP contribution in [0.1, 0.15) is 29.3 Å². The number of nitrogens with zero attached hydrogens (tertiary/aromatic N) is 3. The number of rotatable bonds is 2. The first-order valence-corrected chi connectivity index (χ1v) is 7.62. The second-order valence-corrected chi connectivity index (χ2v) is 7.34. The predicted octanol–water partition coefficient (Wildman–Crippen LogP) is 2.32. The van der Waals surface area contributed by atoms with E-state index in [-0.39, 0.29) is 0 Å². The monoisotopic (exact) mass is 249 g/mol. The molecule has 0 unspecified atom stereocenters. The van der Waals surface area contributed by atoms with E-state index >= 15 is 0 Å². The molecule has 1 aromatic rings. The molecule has 1 aromatic heterocycles. The SMILES string of the molecule is Cc1nnc(CN2C[C@@H]3[C@@H]4CC[C@@H](C4)[C@@H]3C2)s1. The molecule has 0 amide bonds. The van der Waals surface area contributed by atoms with Gasteiger partial charge in [0.2, 0.25) is 0 Å². The van der Waals surface area contributed by atoms with Crippen LogP contribution in [0, 0.1) is 30.6 Å². The van der Waals surface area contributed by atoms with Crippen molar-refractivity contribution in [2.24, 2.45) is 23.7 Å². The highest BCUT2D eigenvalue weighted by Gasteiger charge is 2.51. The van der Waals surface area contributed by atoms with E-state index in [2.05, 4.69) is 15.1 Å². The molecule has 2 heterocycles. The van der Waals surface area contributed by atoms with Crippen LogP contribution in [0.25, 0.3) is 0 Å². The lowest BCUT2D eigenvalue weighted by atomic mass is 9.82. The van der Waals surface area contributed by atoms with Crippen molar-refractivity contribution < 1.29 is 0 Å². The Morgan fingerprint density at radius 2 is 1.88 bits per heavy atom. The molecule has 4 heteroatoms. The zero-order chi connectivity index (χ0) is 11.4. The molecule has 1 saturated heterocycles. The fourth-order valence-corrected chi connectivity index (χ4v) is 5.24. The topological polar surface area (TPSA) is 29.0 Å². The summed E-state index contributed by atoms with van der Waals surface area (Å²) in [5, 5.41) is 10.7. The molecule has 0 radical (unpaired) electrons. The highest BCUT2D eigenvalue weighted by Crippen LogP contribution is 2.55. The maximum atomic E-state index is 4.25. The smallest absolute Gasteiger partial charge is 0.131 e. The lowest BCUT2D eigenvalue weighted by molar-refractivity contribution is 0.281. The van der Waals surface area contributed by atoms with Crippen LogP contribution in [0.4, 0.5) is 0 Å². The molecule has 2 aliphatic carbocycles. The molecule has 92 valence electrons. The van der Waals surface area contributed by atoms with Gasteiger partial charge < -0.3 is 0 Å². The molecule has 4 rings (SSSR count). The van der Waals surface area contributed by atoms with Gasteiger partial charge in [0.05, 0.1) is 6.54 Å². The summed E-state index contributed by atoms with van der Waals surface area (Å²) in [7, 11) is 0. The van der Waals surface area contributed by atoms with Crippen molar-refractivity contribution in [3.63, 3.8) is 0 Å². The number of aromatic nitrogens is 2. The number of fused-ring (bicyclic) bond motifs is 5. The molecule has 17 heavy (non-hydrogen) atoms. The summed E-state index contributed by atoms with van der Waals surface area (Å²) in [6.45, 7) is 5.73. The fraction of sp³-hybridized carbons (Fsp3) is 0.846. The highest BCUT2D eigenvalue weighted by atomic mass is 32.1. The second kappa shape index (κ2) is 3.75. The summed E-state index contributed by atoms with van der Waals surface area (Å²) in [5.74, 6) is 4.16. The van der Waals surface area contributed by atoms with Gasteiger partial charge in [-0.25, -0.2) is 0 Å². The van der Waals surface area contributed by atoms with Crippen LogP contribution in [0.5, 0.6) is 0 Å². The Morgan fingerprint density at radius 1 is 1.18 bits per heavy atom. The van der Waals surface area contributed by atoms with Crippen LogP contribution in [0.2, 0.25) is 0 Å². The number of hydrogen-bond acceptors (Lipinski definition) is 4. The van der Waals surface area contributed by atoms with Crippen molar-refractivity contribution in [1.29, 1.82) is 0 Å². The van der Waals surface area contributed by atoms with Crippen LogP contribution in [-0.2, 0) is 6.54 Å². The predicted molar refractivity (Wildman–Crippen MR) is 67.7 cm³/mol. The number of likely N-dealkylation sites (tertiary alicyclic amines) is 1. The molecule has 0 spiro atoms. The van der Waals surface area contributed by atoms with Crippen LogP contribution in [0.15, 0.2) is 0 Å². The summed E-state index contributed by atoms with van der Waals surface area (Å²) in [5.41, 5.74) is 0. The van der Waals surface area contributed by atoms with Gasteiger partial charge in [0.25, 0.3) is 0 Å². The standard InChI is InChI=1S/C13H19N3S/c1-8-14-15-13(17-8)7-16-5-11-9-2-3-10(4-9)12(11)6-16/h9-12H,2-7H2,1H3/t9-,10+,11-,12+. The summed E-state index contributed by atoms with van der Waals surface area (Å²) in [6.07, 6.45) is 4.57. The van der Waals surface area contributed by atoms with E-state index < -0.39 is 0 Å². The molecule has 3 nitrogen and oxygen atoms in total. The molecule has 3 aliphatic rings. The molecule has 4 atom stereocenters. The minimum Gasteiger partial charge on any atom is -0.296 e. The summed E-state index contributed by atoms with van der Waals surface area (Å²) in [6, 6.07) is 0. The highest BCUT2D eigenvalue weighted by molar-refractivity contribution is 7.11. The van der Waals surface area contributed by atoms with Crippen molar-refractivity contribution in [3.8, 4) is 0 Å². The molecule has 0 N–H and O–H groups in total.